The van der Waals surface area contributed by atoms with E-state index in [0.29, 0.717) is 0 Å². The van der Waals surface area contributed by atoms with Crippen LogP contribution in [0.25, 0.3) is 104 Å². The summed E-state index contributed by atoms with van der Waals surface area (Å²) >= 11 is 0. The summed E-state index contributed by atoms with van der Waals surface area (Å²) in [5.74, 6) is 0. The summed E-state index contributed by atoms with van der Waals surface area (Å²) in [5.41, 5.74) is 11.0. The lowest BCUT2D eigenvalue weighted by molar-refractivity contribution is 1.20. The Bertz CT molecular complexity index is 3110. The van der Waals surface area contributed by atoms with Crippen LogP contribution in [-0.4, -0.2) is 4.57 Å². The molecule has 11 rings (SSSR count). The van der Waals surface area contributed by atoms with Crippen LogP contribution in [0.2, 0.25) is 0 Å². The minimum absolute atomic E-state index is 1.19. The normalized spacial score (nSPS) is 11.8. The Hall–Kier alpha value is -6.96. The zero-order chi connectivity index (χ0) is 34.9. The van der Waals surface area contributed by atoms with Crippen molar-refractivity contribution in [2.75, 3.05) is 0 Å². The molecule has 53 heavy (non-hydrogen) atoms. The number of rotatable bonds is 4. The van der Waals surface area contributed by atoms with Crippen LogP contribution in [0.5, 0.6) is 0 Å². The zero-order valence-electron chi connectivity index (χ0n) is 29.0. The van der Waals surface area contributed by atoms with Crippen molar-refractivity contribution in [3.63, 3.8) is 0 Å². The van der Waals surface area contributed by atoms with Crippen molar-refractivity contribution >= 4 is 64.9 Å². The molecule has 10 aromatic carbocycles. The minimum Gasteiger partial charge on any atom is -0.309 e. The molecular weight excluding hydrogens is 639 g/mol. The molecule has 0 N–H and O–H groups in total. The van der Waals surface area contributed by atoms with E-state index in [-0.39, 0.29) is 0 Å². The van der Waals surface area contributed by atoms with Gasteiger partial charge in [-0.25, -0.2) is 0 Å². The Morgan fingerprint density at radius 2 is 0.755 bits per heavy atom. The van der Waals surface area contributed by atoms with E-state index in [1.807, 2.05) is 0 Å². The van der Waals surface area contributed by atoms with Crippen LogP contribution in [0, 0.1) is 0 Å². The van der Waals surface area contributed by atoms with Crippen LogP contribution in [0.15, 0.2) is 200 Å². The third-order valence-corrected chi connectivity index (χ3v) is 11.1. The molecule has 1 aromatic heterocycles. The molecule has 0 spiro atoms. The van der Waals surface area contributed by atoms with Crippen LogP contribution >= 0.6 is 0 Å². The van der Waals surface area contributed by atoms with E-state index in [1.54, 1.807) is 0 Å². The van der Waals surface area contributed by atoms with E-state index in [1.165, 1.54) is 104 Å². The maximum Gasteiger partial charge on any atom is 0.0548 e. The molecule has 11 aromatic rings. The highest BCUT2D eigenvalue weighted by molar-refractivity contribution is 6.29. The van der Waals surface area contributed by atoms with Gasteiger partial charge >= 0.3 is 0 Å². The molecule has 0 unspecified atom stereocenters. The molecular formula is C52H33N. The second-order valence-corrected chi connectivity index (χ2v) is 14.1. The van der Waals surface area contributed by atoms with Gasteiger partial charge in [-0.15, -0.1) is 0 Å². The van der Waals surface area contributed by atoms with E-state index in [2.05, 4.69) is 205 Å². The topological polar surface area (TPSA) is 4.93 Å². The van der Waals surface area contributed by atoms with Gasteiger partial charge in [-0.05, 0) is 107 Å². The van der Waals surface area contributed by atoms with E-state index in [4.69, 9.17) is 0 Å². The van der Waals surface area contributed by atoms with Gasteiger partial charge in [0, 0.05) is 16.2 Å². The van der Waals surface area contributed by atoms with Crippen molar-refractivity contribution in [1.82, 2.24) is 4.57 Å². The monoisotopic (exact) mass is 671 g/mol. The summed E-state index contributed by atoms with van der Waals surface area (Å²) < 4.78 is 2.49. The maximum absolute atomic E-state index is 2.49. The molecule has 1 nitrogen and oxygen atoms in total. The van der Waals surface area contributed by atoms with Crippen LogP contribution in [0.4, 0.5) is 0 Å². The Kier molecular flexibility index (Phi) is 6.62. The van der Waals surface area contributed by atoms with E-state index in [9.17, 15) is 0 Å². The first-order valence-corrected chi connectivity index (χ1v) is 18.3. The number of aromatic nitrogens is 1. The second-order valence-electron chi connectivity index (χ2n) is 14.1. The predicted molar refractivity (Wildman–Crippen MR) is 227 cm³/mol. The average molecular weight is 672 g/mol. The van der Waals surface area contributed by atoms with Gasteiger partial charge in [-0.2, -0.15) is 0 Å². The first-order chi connectivity index (χ1) is 26.3. The number of benzene rings is 10. The van der Waals surface area contributed by atoms with Gasteiger partial charge in [0.05, 0.1) is 16.7 Å². The molecule has 0 fully saturated rings. The number of hydrogen-bond donors (Lipinski definition) is 0. The van der Waals surface area contributed by atoms with Crippen LogP contribution in [0.3, 0.4) is 0 Å². The third-order valence-electron chi connectivity index (χ3n) is 11.1. The first-order valence-electron chi connectivity index (χ1n) is 18.3. The molecule has 0 bridgehead atoms. The van der Waals surface area contributed by atoms with Crippen molar-refractivity contribution in [2.45, 2.75) is 0 Å². The Balaban J connectivity index is 1.15. The van der Waals surface area contributed by atoms with Gasteiger partial charge in [0.1, 0.15) is 0 Å². The molecule has 1 heteroatoms. The molecule has 0 saturated heterocycles. The fourth-order valence-electron chi connectivity index (χ4n) is 8.72. The van der Waals surface area contributed by atoms with Crippen molar-refractivity contribution in [3.05, 3.63) is 200 Å². The average Bonchev–Trinajstić information content (AvgIpc) is 3.58. The van der Waals surface area contributed by atoms with Gasteiger partial charge in [0.25, 0.3) is 0 Å². The number of hydrogen-bond acceptors (Lipinski definition) is 0. The molecule has 0 aliphatic carbocycles. The van der Waals surface area contributed by atoms with Crippen LogP contribution in [0.1, 0.15) is 0 Å². The number of fused-ring (bicyclic) bond motifs is 9. The van der Waals surface area contributed by atoms with E-state index >= 15 is 0 Å². The van der Waals surface area contributed by atoms with Gasteiger partial charge in [-0.1, -0.05) is 164 Å². The maximum atomic E-state index is 2.49. The molecule has 0 radical (unpaired) electrons. The molecule has 0 aliphatic heterocycles. The van der Waals surface area contributed by atoms with E-state index < -0.39 is 0 Å². The van der Waals surface area contributed by atoms with Crippen LogP contribution in [-0.2, 0) is 0 Å². The molecule has 246 valence electrons. The second kappa shape index (κ2) is 11.8. The molecule has 1 heterocycles. The van der Waals surface area contributed by atoms with Gasteiger partial charge < -0.3 is 4.57 Å². The molecule has 0 aliphatic rings. The minimum atomic E-state index is 1.19. The lowest BCUT2D eigenvalue weighted by Gasteiger charge is -2.16. The van der Waals surface area contributed by atoms with Crippen LogP contribution < -0.4 is 0 Å². The summed E-state index contributed by atoms with van der Waals surface area (Å²) in [6.07, 6.45) is 0. The number of nitrogens with zero attached hydrogens (tertiary/aromatic N) is 1. The highest BCUT2D eigenvalue weighted by Gasteiger charge is 2.19. The highest BCUT2D eigenvalue weighted by atomic mass is 15.0. The SMILES string of the molecule is c1ccc(-c2cc3ccc(-c4ccc(-n5c6ccc7ccccc7c6c6c7ccccc7ccc65)c5ccccc45)cc3cc2-c2ccccc2)cc1. The summed E-state index contributed by atoms with van der Waals surface area (Å²) in [7, 11) is 0. The smallest absolute Gasteiger partial charge is 0.0548 e. The Labute approximate surface area is 307 Å². The summed E-state index contributed by atoms with van der Waals surface area (Å²) in [4.78, 5) is 0. The van der Waals surface area contributed by atoms with E-state index in [0.717, 1.165) is 0 Å². The standard InChI is InChI=1S/C52H33N/c1-3-13-34(14-4-1)46-32-38-23-24-39(31-40(38)33-47(46)35-15-5-2-6-16-35)41-27-30-48(45-22-12-11-21-44(41)45)53-49-28-25-36-17-7-9-19-42(36)51(49)52-43-20-10-8-18-37(43)26-29-50(52)53/h1-33H. The molecule has 0 amide bonds. The zero-order valence-corrected chi connectivity index (χ0v) is 29.0. The summed E-state index contributed by atoms with van der Waals surface area (Å²) in [6, 6.07) is 73.5. The lowest BCUT2D eigenvalue weighted by Crippen LogP contribution is -1.96. The van der Waals surface area contributed by atoms with Gasteiger partial charge in [-0.3, -0.25) is 0 Å². The Morgan fingerprint density at radius 3 is 1.36 bits per heavy atom. The van der Waals surface area contributed by atoms with Crippen molar-refractivity contribution in [3.8, 4) is 39.1 Å². The van der Waals surface area contributed by atoms with Gasteiger partial charge in [0.2, 0.25) is 0 Å². The first kappa shape index (κ1) is 29.7. The molecule has 0 saturated carbocycles. The predicted octanol–water partition coefficient (Wildman–Crippen LogP) is 14.4. The quantitative estimate of drug-likeness (QED) is 0.175. The highest BCUT2D eigenvalue weighted by Crippen LogP contribution is 2.43. The lowest BCUT2D eigenvalue weighted by atomic mass is 9.90. The fourth-order valence-corrected chi connectivity index (χ4v) is 8.72. The summed E-state index contributed by atoms with van der Waals surface area (Å²) in [6.45, 7) is 0. The van der Waals surface area contributed by atoms with Gasteiger partial charge in [0.15, 0.2) is 0 Å². The summed E-state index contributed by atoms with van der Waals surface area (Å²) in [5, 5.41) is 12.6. The van der Waals surface area contributed by atoms with Crippen molar-refractivity contribution in [2.24, 2.45) is 0 Å². The third kappa shape index (κ3) is 4.64. The molecule has 0 atom stereocenters. The Morgan fingerprint density at radius 1 is 0.264 bits per heavy atom. The van der Waals surface area contributed by atoms with Crippen molar-refractivity contribution in [1.29, 1.82) is 0 Å². The largest absolute Gasteiger partial charge is 0.309 e. The van der Waals surface area contributed by atoms with Crippen molar-refractivity contribution < 1.29 is 0 Å². The fraction of sp³-hybridized carbons (Fsp3) is 0.